The molecule has 5 aromatic rings. The number of para-hydroxylation sites is 3. The third-order valence-corrected chi connectivity index (χ3v) is 10.0. The van der Waals surface area contributed by atoms with Gasteiger partial charge in [0.1, 0.15) is 6.04 Å². The van der Waals surface area contributed by atoms with Crippen LogP contribution in [-0.4, -0.2) is 30.3 Å². The average molecular weight is 663 g/mol. The van der Waals surface area contributed by atoms with E-state index >= 15 is 0 Å². The summed E-state index contributed by atoms with van der Waals surface area (Å²) in [5, 5.41) is 5.47. The van der Waals surface area contributed by atoms with Gasteiger partial charge in [-0.05, 0) is 82.6 Å². The normalized spacial score (nSPS) is 17.0. The molecule has 0 bridgehead atoms. The zero-order valence-electron chi connectivity index (χ0n) is 28.1. The quantitative estimate of drug-likeness (QED) is 0.134. The highest BCUT2D eigenvalue weighted by Crippen LogP contribution is 2.40. The lowest BCUT2D eigenvalue weighted by atomic mass is 9.84. The molecule has 2 aliphatic rings. The van der Waals surface area contributed by atoms with Crippen LogP contribution in [0.1, 0.15) is 31.2 Å². The lowest BCUT2D eigenvalue weighted by Gasteiger charge is -2.29. The summed E-state index contributed by atoms with van der Waals surface area (Å²) in [7, 11) is 0. The molecule has 0 aromatic heterocycles. The van der Waals surface area contributed by atoms with Gasteiger partial charge in [0.05, 0.1) is 36.3 Å². The summed E-state index contributed by atoms with van der Waals surface area (Å²) < 4.78 is 0. The van der Waals surface area contributed by atoms with Crippen LogP contribution in [0.5, 0.6) is 0 Å². The number of fused-ring (bicyclic) bond motifs is 2. The minimum absolute atomic E-state index is 0.218. The Hall–Kier alpha value is -5.69. The molecule has 1 aliphatic carbocycles. The minimum atomic E-state index is -0.891. The predicted octanol–water partition coefficient (Wildman–Crippen LogP) is 7.77. The highest BCUT2D eigenvalue weighted by molar-refractivity contribution is 6.04. The van der Waals surface area contributed by atoms with Gasteiger partial charge in [-0.2, -0.15) is 0 Å². The van der Waals surface area contributed by atoms with E-state index in [9.17, 15) is 14.4 Å². The molecular weight excluding hydrogens is 620 g/mol. The smallest absolute Gasteiger partial charge is 0.251 e. The molecule has 5 aromatic carbocycles. The van der Waals surface area contributed by atoms with Gasteiger partial charge >= 0.3 is 0 Å². The van der Waals surface area contributed by atoms with Gasteiger partial charge in [0.25, 0.3) is 5.91 Å². The van der Waals surface area contributed by atoms with Crippen molar-refractivity contribution in [3.05, 3.63) is 140 Å². The Kier molecular flexibility index (Phi) is 9.47. The average Bonchev–Trinajstić information content (AvgIpc) is 3.98. The van der Waals surface area contributed by atoms with Crippen LogP contribution in [0.15, 0.2) is 134 Å². The number of carbonyl (C=O) groups is 3. The van der Waals surface area contributed by atoms with Crippen molar-refractivity contribution in [1.29, 1.82) is 0 Å². The Balaban J connectivity index is 1.25. The Morgan fingerprint density at radius 3 is 2.24 bits per heavy atom. The van der Waals surface area contributed by atoms with Crippen LogP contribution in [-0.2, 0) is 20.9 Å². The van der Waals surface area contributed by atoms with E-state index in [-0.39, 0.29) is 18.4 Å². The van der Waals surface area contributed by atoms with Crippen molar-refractivity contribution < 1.29 is 14.4 Å². The van der Waals surface area contributed by atoms with Gasteiger partial charge in [0.15, 0.2) is 0 Å². The Morgan fingerprint density at radius 1 is 0.800 bits per heavy atom. The van der Waals surface area contributed by atoms with E-state index < -0.39 is 23.8 Å². The maximum absolute atomic E-state index is 14.8. The maximum Gasteiger partial charge on any atom is 0.251 e. The van der Waals surface area contributed by atoms with Gasteiger partial charge in [0.2, 0.25) is 11.8 Å². The number of nitrogens with two attached hydrogens (primary N) is 1. The summed E-state index contributed by atoms with van der Waals surface area (Å²) in [5.41, 5.74) is 11.5. The molecule has 50 heavy (non-hydrogen) atoms. The summed E-state index contributed by atoms with van der Waals surface area (Å²) in [6.45, 7) is 4.33. The number of amides is 3. The third-order valence-electron chi connectivity index (χ3n) is 10.0. The van der Waals surface area contributed by atoms with E-state index in [2.05, 4.69) is 59.3 Å². The molecule has 1 unspecified atom stereocenters. The molecule has 7 heteroatoms. The number of nitrogens with zero attached hydrogens (tertiary/aromatic N) is 2. The van der Waals surface area contributed by atoms with Crippen LogP contribution >= 0.6 is 0 Å². The number of hydrogen-bond acceptors (Lipinski definition) is 4. The maximum atomic E-state index is 14.8. The molecule has 0 saturated heterocycles. The van der Waals surface area contributed by atoms with Crippen molar-refractivity contribution in [2.24, 2.45) is 23.5 Å². The molecule has 0 radical (unpaired) electrons. The summed E-state index contributed by atoms with van der Waals surface area (Å²) in [4.78, 5) is 45.4. The van der Waals surface area contributed by atoms with Gasteiger partial charge in [-0.3, -0.25) is 14.4 Å². The number of allylic oxidation sites excluding steroid dienone is 1. The Bertz CT molecular complexity index is 2040. The van der Waals surface area contributed by atoms with E-state index in [0.717, 1.165) is 46.6 Å². The standard InChI is InChI=1S/C43H42N4O3/c1-2-11-36(41(44)48)37(25-29-20-21-29)42(49)45-38-28-46(35-16-4-3-5-17-35)39-18-8-9-19-40(39)47(43(38)50)27-30-12-10-15-32(24-30)34-23-22-31-13-6-7-14-33(31)26-34/h2-10,12-19,22-24,26,29,36-38H,1,11,20-21,25,27-28H2,(H2,44,48)(H,45,49)/t36-,37+,38?/m0/s1. The molecule has 3 amide bonds. The van der Waals surface area contributed by atoms with E-state index in [0.29, 0.717) is 25.3 Å². The SMILES string of the molecule is C=CC[C@H](C(N)=O)[C@@H](CC1CC1)C(=O)NC1CN(c2ccccc2)c2ccccc2N(Cc2cccc(-c3ccc4ccccc4c3)c2)C1=O. The first kappa shape index (κ1) is 32.8. The monoisotopic (exact) mass is 662 g/mol. The minimum Gasteiger partial charge on any atom is -0.369 e. The number of carbonyl (C=O) groups excluding carboxylic acids is 3. The van der Waals surface area contributed by atoms with Crippen molar-refractivity contribution in [3.63, 3.8) is 0 Å². The van der Waals surface area contributed by atoms with Crippen LogP contribution in [0.2, 0.25) is 0 Å². The lowest BCUT2D eigenvalue weighted by Crippen LogP contribution is -2.54. The first-order valence-corrected chi connectivity index (χ1v) is 17.4. The van der Waals surface area contributed by atoms with Gasteiger partial charge in [-0.1, -0.05) is 104 Å². The lowest BCUT2D eigenvalue weighted by molar-refractivity contribution is -0.135. The summed E-state index contributed by atoms with van der Waals surface area (Å²) in [6, 6.07) is 39.9. The molecular formula is C43H42N4O3. The highest BCUT2D eigenvalue weighted by Gasteiger charge is 2.40. The fourth-order valence-electron chi connectivity index (χ4n) is 7.21. The molecule has 7 rings (SSSR count). The highest BCUT2D eigenvalue weighted by atomic mass is 16.2. The fraction of sp³-hybridized carbons (Fsp3) is 0.233. The van der Waals surface area contributed by atoms with Crippen LogP contribution in [0.3, 0.4) is 0 Å². The van der Waals surface area contributed by atoms with E-state index in [4.69, 9.17) is 5.73 Å². The number of hydrogen-bond donors (Lipinski definition) is 2. The summed E-state index contributed by atoms with van der Waals surface area (Å²) in [5.74, 6) is -2.02. The van der Waals surface area contributed by atoms with Gasteiger partial charge in [0, 0.05) is 5.69 Å². The molecule has 1 heterocycles. The van der Waals surface area contributed by atoms with Crippen molar-refractivity contribution in [1.82, 2.24) is 5.32 Å². The molecule has 3 N–H and O–H groups in total. The number of primary amides is 1. The number of anilines is 3. The molecule has 0 spiro atoms. The largest absolute Gasteiger partial charge is 0.369 e. The molecule has 1 fully saturated rings. The van der Waals surface area contributed by atoms with E-state index in [1.54, 1.807) is 11.0 Å². The molecule has 1 aliphatic heterocycles. The summed E-state index contributed by atoms with van der Waals surface area (Å²) >= 11 is 0. The molecule has 7 nitrogen and oxygen atoms in total. The zero-order valence-corrected chi connectivity index (χ0v) is 28.1. The van der Waals surface area contributed by atoms with Crippen molar-refractivity contribution in [3.8, 4) is 11.1 Å². The Morgan fingerprint density at radius 2 is 1.50 bits per heavy atom. The third kappa shape index (κ3) is 7.03. The van der Waals surface area contributed by atoms with Crippen LogP contribution < -0.4 is 20.9 Å². The predicted molar refractivity (Wildman–Crippen MR) is 201 cm³/mol. The topological polar surface area (TPSA) is 95.7 Å². The first-order valence-electron chi connectivity index (χ1n) is 17.4. The molecule has 252 valence electrons. The van der Waals surface area contributed by atoms with Gasteiger partial charge < -0.3 is 20.9 Å². The van der Waals surface area contributed by atoms with E-state index in [1.165, 1.54) is 10.8 Å². The van der Waals surface area contributed by atoms with Crippen LogP contribution in [0, 0.1) is 17.8 Å². The van der Waals surface area contributed by atoms with Crippen LogP contribution in [0.25, 0.3) is 21.9 Å². The first-order chi connectivity index (χ1) is 24.4. The number of benzene rings is 5. The second kappa shape index (κ2) is 14.4. The second-order valence-corrected chi connectivity index (χ2v) is 13.5. The number of rotatable bonds is 12. The van der Waals surface area contributed by atoms with Gasteiger partial charge in [-0.25, -0.2) is 0 Å². The zero-order chi connectivity index (χ0) is 34.6. The van der Waals surface area contributed by atoms with Crippen molar-refractivity contribution >= 4 is 45.6 Å². The van der Waals surface area contributed by atoms with Crippen LogP contribution in [0.4, 0.5) is 17.1 Å². The van der Waals surface area contributed by atoms with Crippen molar-refractivity contribution in [2.45, 2.75) is 38.3 Å². The fourth-order valence-corrected chi connectivity index (χ4v) is 7.21. The van der Waals surface area contributed by atoms with E-state index in [1.807, 2.05) is 78.9 Å². The van der Waals surface area contributed by atoms with Gasteiger partial charge in [-0.15, -0.1) is 6.58 Å². The number of nitrogens with one attached hydrogen (secondary N) is 1. The second-order valence-electron chi connectivity index (χ2n) is 13.5. The van der Waals surface area contributed by atoms with Crippen molar-refractivity contribution in [2.75, 3.05) is 16.3 Å². The Labute approximate surface area is 293 Å². The summed E-state index contributed by atoms with van der Waals surface area (Å²) in [6.07, 6.45) is 4.55. The molecule has 3 atom stereocenters. The molecule has 1 saturated carbocycles.